The zero-order chi connectivity index (χ0) is 13.8. The second-order valence-electron chi connectivity index (χ2n) is 5.18. The minimum Gasteiger partial charge on any atom is -0.496 e. The Kier molecular flexibility index (Phi) is 4.75. The number of rotatable bonds is 5. The van der Waals surface area contributed by atoms with Gasteiger partial charge in [0.15, 0.2) is 0 Å². The van der Waals surface area contributed by atoms with Gasteiger partial charge in [0, 0.05) is 6.54 Å². The third-order valence-electron chi connectivity index (χ3n) is 3.02. The molecule has 18 heavy (non-hydrogen) atoms. The number of nitrogens with zero attached hydrogens (tertiary/aromatic N) is 1. The summed E-state index contributed by atoms with van der Waals surface area (Å²) in [5.74, 6) is 0.934. The van der Waals surface area contributed by atoms with E-state index in [1.807, 2.05) is 13.8 Å². The second kappa shape index (κ2) is 5.88. The van der Waals surface area contributed by atoms with Gasteiger partial charge in [-0.05, 0) is 56.9 Å². The molecule has 1 rings (SSSR count). The monoisotopic (exact) mass is 246 g/mol. The SMILES string of the molecule is COc1cc(C)cc(C)c1CCNC(C)(C)C#N. The number of nitriles is 1. The molecule has 0 saturated carbocycles. The Morgan fingerprint density at radius 1 is 1.33 bits per heavy atom. The molecular formula is C15H22N2O. The molecule has 1 N–H and O–H groups in total. The van der Waals surface area contributed by atoms with E-state index >= 15 is 0 Å². The number of hydrogen-bond donors (Lipinski definition) is 1. The van der Waals surface area contributed by atoms with Crippen molar-refractivity contribution in [1.82, 2.24) is 5.32 Å². The normalized spacial score (nSPS) is 11.1. The van der Waals surface area contributed by atoms with E-state index in [2.05, 4.69) is 37.4 Å². The van der Waals surface area contributed by atoms with Crippen LogP contribution in [0.2, 0.25) is 0 Å². The van der Waals surface area contributed by atoms with E-state index in [4.69, 9.17) is 10.00 Å². The van der Waals surface area contributed by atoms with Crippen LogP contribution in [0.15, 0.2) is 12.1 Å². The molecule has 0 aliphatic heterocycles. The van der Waals surface area contributed by atoms with Crippen molar-refractivity contribution in [2.75, 3.05) is 13.7 Å². The zero-order valence-corrected chi connectivity index (χ0v) is 11.9. The Morgan fingerprint density at radius 3 is 2.56 bits per heavy atom. The molecule has 1 aromatic rings. The average Bonchev–Trinajstić information content (AvgIpc) is 2.31. The van der Waals surface area contributed by atoms with Gasteiger partial charge in [0.05, 0.1) is 13.2 Å². The lowest BCUT2D eigenvalue weighted by Crippen LogP contribution is -2.38. The van der Waals surface area contributed by atoms with Gasteiger partial charge in [-0.15, -0.1) is 0 Å². The first-order valence-electron chi connectivity index (χ1n) is 6.20. The van der Waals surface area contributed by atoms with Crippen LogP contribution in [0.5, 0.6) is 5.75 Å². The molecule has 98 valence electrons. The summed E-state index contributed by atoms with van der Waals surface area (Å²) in [6, 6.07) is 6.45. The molecule has 3 heteroatoms. The summed E-state index contributed by atoms with van der Waals surface area (Å²) in [7, 11) is 1.70. The van der Waals surface area contributed by atoms with Crippen LogP contribution in [0.4, 0.5) is 0 Å². The van der Waals surface area contributed by atoms with Crippen LogP contribution in [-0.4, -0.2) is 19.2 Å². The van der Waals surface area contributed by atoms with Crippen LogP contribution >= 0.6 is 0 Å². The standard InChI is InChI=1S/C15H22N2O/c1-11-8-12(2)13(14(9-11)18-5)6-7-17-15(3,4)10-16/h8-9,17H,6-7H2,1-5H3. The van der Waals surface area contributed by atoms with E-state index in [0.717, 1.165) is 18.7 Å². The molecule has 0 bridgehead atoms. The molecule has 0 unspecified atom stereocenters. The molecule has 0 atom stereocenters. The summed E-state index contributed by atoms with van der Waals surface area (Å²) >= 11 is 0. The van der Waals surface area contributed by atoms with E-state index in [9.17, 15) is 0 Å². The Hall–Kier alpha value is -1.53. The molecule has 0 fully saturated rings. The Balaban J connectivity index is 2.77. The highest BCUT2D eigenvalue weighted by atomic mass is 16.5. The maximum absolute atomic E-state index is 8.95. The van der Waals surface area contributed by atoms with Crippen LogP contribution in [0, 0.1) is 25.2 Å². The third-order valence-corrected chi connectivity index (χ3v) is 3.02. The van der Waals surface area contributed by atoms with Crippen molar-refractivity contribution in [2.24, 2.45) is 0 Å². The lowest BCUT2D eigenvalue weighted by atomic mass is 10.0. The molecule has 0 aliphatic rings. The first-order chi connectivity index (χ1) is 8.39. The van der Waals surface area contributed by atoms with Crippen molar-refractivity contribution in [2.45, 2.75) is 39.7 Å². The van der Waals surface area contributed by atoms with Gasteiger partial charge in [-0.2, -0.15) is 5.26 Å². The van der Waals surface area contributed by atoms with Gasteiger partial charge in [0.25, 0.3) is 0 Å². The number of methoxy groups -OCH3 is 1. The quantitative estimate of drug-likeness (QED) is 0.869. The molecule has 0 heterocycles. The van der Waals surface area contributed by atoms with Gasteiger partial charge in [-0.3, -0.25) is 5.32 Å². The summed E-state index contributed by atoms with van der Waals surface area (Å²) in [4.78, 5) is 0. The highest BCUT2D eigenvalue weighted by Gasteiger charge is 2.15. The predicted octanol–water partition coefficient (Wildman–Crippen LogP) is 2.75. The number of nitrogens with one attached hydrogen (secondary N) is 1. The molecule has 0 aromatic heterocycles. The number of benzene rings is 1. The fourth-order valence-corrected chi connectivity index (χ4v) is 2.00. The molecule has 3 nitrogen and oxygen atoms in total. The predicted molar refractivity (Wildman–Crippen MR) is 73.9 cm³/mol. The third kappa shape index (κ3) is 3.75. The molecule has 0 aliphatic carbocycles. The smallest absolute Gasteiger partial charge is 0.122 e. The summed E-state index contributed by atoms with van der Waals surface area (Å²) in [6.07, 6.45) is 0.862. The minimum atomic E-state index is -0.480. The van der Waals surface area contributed by atoms with Crippen LogP contribution < -0.4 is 10.1 Å². The van der Waals surface area contributed by atoms with E-state index in [0.29, 0.717) is 0 Å². The number of ether oxygens (including phenoxy) is 1. The number of aryl methyl sites for hydroxylation is 2. The molecule has 0 saturated heterocycles. The van der Waals surface area contributed by atoms with Gasteiger partial charge in [0.1, 0.15) is 11.3 Å². The van der Waals surface area contributed by atoms with Crippen molar-refractivity contribution in [1.29, 1.82) is 5.26 Å². The maximum Gasteiger partial charge on any atom is 0.122 e. The maximum atomic E-state index is 8.95. The Morgan fingerprint density at radius 2 is 2.00 bits per heavy atom. The van der Waals surface area contributed by atoms with E-state index in [-0.39, 0.29) is 0 Å². The summed E-state index contributed by atoms with van der Waals surface area (Å²) < 4.78 is 5.42. The van der Waals surface area contributed by atoms with Gasteiger partial charge < -0.3 is 4.74 Å². The van der Waals surface area contributed by atoms with Gasteiger partial charge in [0.2, 0.25) is 0 Å². The summed E-state index contributed by atoms with van der Waals surface area (Å²) in [5.41, 5.74) is 3.18. The highest BCUT2D eigenvalue weighted by Crippen LogP contribution is 2.24. The largest absolute Gasteiger partial charge is 0.496 e. The second-order valence-corrected chi connectivity index (χ2v) is 5.18. The molecule has 0 radical (unpaired) electrons. The van der Waals surface area contributed by atoms with Gasteiger partial charge >= 0.3 is 0 Å². The van der Waals surface area contributed by atoms with Crippen LogP contribution in [0.3, 0.4) is 0 Å². The first kappa shape index (κ1) is 14.5. The van der Waals surface area contributed by atoms with Crippen molar-refractivity contribution in [3.8, 4) is 11.8 Å². The average molecular weight is 246 g/mol. The Labute approximate surface area is 110 Å². The van der Waals surface area contributed by atoms with Crippen LogP contribution in [-0.2, 0) is 6.42 Å². The van der Waals surface area contributed by atoms with Crippen LogP contribution in [0.25, 0.3) is 0 Å². The summed E-state index contributed by atoms with van der Waals surface area (Å²) in [5, 5.41) is 12.2. The molecular weight excluding hydrogens is 224 g/mol. The van der Waals surface area contributed by atoms with E-state index in [1.165, 1.54) is 16.7 Å². The van der Waals surface area contributed by atoms with Gasteiger partial charge in [-0.25, -0.2) is 0 Å². The molecule has 0 spiro atoms. The molecule has 1 aromatic carbocycles. The lowest BCUT2D eigenvalue weighted by Gasteiger charge is -2.19. The highest BCUT2D eigenvalue weighted by molar-refractivity contribution is 5.43. The van der Waals surface area contributed by atoms with Crippen LogP contribution in [0.1, 0.15) is 30.5 Å². The first-order valence-corrected chi connectivity index (χ1v) is 6.20. The van der Waals surface area contributed by atoms with E-state index < -0.39 is 5.54 Å². The zero-order valence-electron chi connectivity index (χ0n) is 11.9. The molecule has 0 amide bonds. The van der Waals surface area contributed by atoms with Gasteiger partial charge in [-0.1, -0.05) is 6.07 Å². The van der Waals surface area contributed by atoms with E-state index in [1.54, 1.807) is 7.11 Å². The van der Waals surface area contributed by atoms with Crippen molar-refractivity contribution in [3.05, 3.63) is 28.8 Å². The fourth-order valence-electron chi connectivity index (χ4n) is 2.00. The van der Waals surface area contributed by atoms with Crippen molar-refractivity contribution >= 4 is 0 Å². The number of hydrogen-bond acceptors (Lipinski definition) is 3. The Bertz CT molecular complexity index is 458. The fraction of sp³-hybridized carbons (Fsp3) is 0.533. The summed E-state index contributed by atoms with van der Waals surface area (Å²) in [6.45, 7) is 8.69. The topological polar surface area (TPSA) is 45.0 Å². The van der Waals surface area contributed by atoms with Crippen molar-refractivity contribution in [3.63, 3.8) is 0 Å². The lowest BCUT2D eigenvalue weighted by molar-refractivity contribution is 0.406. The minimum absolute atomic E-state index is 0.480. The van der Waals surface area contributed by atoms with Crippen molar-refractivity contribution < 1.29 is 4.74 Å².